The van der Waals surface area contributed by atoms with Crippen LogP contribution in [-0.4, -0.2) is 40.0 Å². The fourth-order valence-corrected chi connectivity index (χ4v) is 4.74. The Kier molecular flexibility index (Phi) is 7.41. The maximum Gasteiger partial charge on any atom is 0.295 e. The molecule has 3 aromatic rings. The van der Waals surface area contributed by atoms with Gasteiger partial charge in [0.05, 0.1) is 31.4 Å². The number of ketones is 1. The standard InChI is InChI=1S/C27H27NO6S/c1-3-12-34-19-8-5-7-18(14-19)25(30)23-24(17-10-11-21(29)22(15-17)33-4-2)28(27(32)26(23)31)16-20-9-6-13-35-20/h5-11,13-15,24,29-30H,3-4,12,16H2,1-2H3/b25-23-. The van der Waals surface area contributed by atoms with Crippen LogP contribution in [0.15, 0.2) is 65.6 Å². The molecule has 1 fully saturated rings. The molecule has 7 nitrogen and oxygen atoms in total. The Hall–Kier alpha value is -3.78. The van der Waals surface area contributed by atoms with Crippen LogP contribution in [0.25, 0.3) is 5.76 Å². The van der Waals surface area contributed by atoms with E-state index in [9.17, 15) is 19.8 Å². The fraction of sp³-hybridized carbons (Fsp3) is 0.259. The number of hydrogen-bond acceptors (Lipinski definition) is 7. The summed E-state index contributed by atoms with van der Waals surface area (Å²) in [6.45, 7) is 4.84. The van der Waals surface area contributed by atoms with Gasteiger partial charge >= 0.3 is 0 Å². The van der Waals surface area contributed by atoms with Crippen LogP contribution in [0.1, 0.15) is 42.3 Å². The van der Waals surface area contributed by atoms with Gasteiger partial charge in [0, 0.05) is 10.4 Å². The summed E-state index contributed by atoms with van der Waals surface area (Å²) in [6.07, 6.45) is 0.826. The number of phenols is 1. The first-order valence-electron chi connectivity index (χ1n) is 11.4. The van der Waals surface area contributed by atoms with Crippen LogP contribution < -0.4 is 9.47 Å². The van der Waals surface area contributed by atoms with Gasteiger partial charge < -0.3 is 24.6 Å². The highest BCUT2D eigenvalue weighted by atomic mass is 32.1. The molecule has 0 aliphatic carbocycles. The minimum absolute atomic E-state index is 0.0210. The molecule has 0 bridgehead atoms. The van der Waals surface area contributed by atoms with Crippen LogP contribution >= 0.6 is 11.3 Å². The number of benzene rings is 2. The van der Waals surface area contributed by atoms with Crippen molar-refractivity contribution in [1.29, 1.82) is 0 Å². The summed E-state index contributed by atoms with van der Waals surface area (Å²) in [7, 11) is 0. The molecule has 1 saturated heterocycles. The number of aromatic hydroxyl groups is 1. The molecule has 0 radical (unpaired) electrons. The smallest absolute Gasteiger partial charge is 0.295 e. The number of hydrogen-bond donors (Lipinski definition) is 2. The van der Waals surface area contributed by atoms with Crippen LogP contribution in [0.4, 0.5) is 0 Å². The molecule has 1 aromatic heterocycles. The molecular formula is C27H27NO6S. The molecule has 0 saturated carbocycles. The van der Waals surface area contributed by atoms with E-state index in [1.165, 1.54) is 22.3 Å². The summed E-state index contributed by atoms with van der Waals surface area (Å²) in [6, 6.07) is 14.4. The van der Waals surface area contributed by atoms with Crippen LogP contribution in [0, 0.1) is 0 Å². The number of phenolic OH excluding ortho intramolecular Hbond substituents is 1. The monoisotopic (exact) mass is 493 g/mol. The van der Waals surface area contributed by atoms with Crippen molar-refractivity contribution in [3.8, 4) is 17.2 Å². The molecule has 2 N–H and O–H groups in total. The van der Waals surface area contributed by atoms with Gasteiger partial charge in [0.2, 0.25) is 0 Å². The van der Waals surface area contributed by atoms with Crippen molar-refractivity contribution in [2.75, 3.05) is 13.2 Å². The van der Waals surface area contributed by atoms with Crippen molar-refractivity contribution in [3.05, 3.63) is 81.6 Å². The highest BCUT2D eigenvalue weighted by Gasteiger charge is 2.46. The third-order valence-electron chi connectivity index (χ3n) is 5.63. The van der Waals surface area contributed by atoms with E-state index < -0.39 is 17.7 Å². The fourth-order valence-electron chi connectivity index (χ4n) is 4.04. The quantitative estimate of drug-likeness (QED) is 0.240. The van der Waals surface area contributed by atoms with Crippen LogP contribution in [0.3, 0.4) is 0 Å². The average molecular weight is 494 g/mol. The van der Waals surface area contributed by atoms with E-state index in [0.717, 1.165) is 11.3 Å². The van der Waals surface area contributed by atoms with Crippen LogP contribution in [-0.2, 0) is 16.1 Å². The molecule has 1 aliphatic rings. The van der Waals surface area contributed by atoms with Crippen molar-refractivity contribution in [2.24, 2.45) is 0 Å². The van der Waals surface area contributed by atoms with E-state index in [-0.39, 0.29) is 29.4 Å². The molecule has 35 heavy (non-hydrogen) atoms. The van der Waals surface area contributed by atoms with Gasteiger partial charge in [-0.3, -0.25) is 9.59 Å². The van der Waals surface area contributed by atoms with E-state index in [4.69, 9.17) is 9.47 Å². The van der Waals surface area contributed by atoms with Gasteiger partial charge in [0.1, 0.15) is 11.5 Å². The van der Waals surface area contributed by atoms with E-state index in [1.807, 2.05) is 24.4 Å². The number of amides is 1. The predicted octanol–water partition coefficient (Wildman–Crippen LogP) is 5.26. The van der Waals surface area contributed by atoms with E-state index in [1.54, 1.807) is 43.3 Å². The zero-order valence-electron chi connectivity index (χ0n) is 19.6. The maximum atomic E-state index is 13.3. The van der Waals surface area contributed by atoms with Gasteiger partial charge in [-0.05, 0) is 54.6 Å². The van der Waals surface area contributed by atoms with E-state index in [2.05, 4.69) is 0 Å². The summed E-state index contributed by atoms with van der Waals surface area (Å²) < 4.78 is 11.2. The normalized spacial score (nSPS) is 17.1. The largest absolute Gasteiger partial charge is 0.507 e. The van der Waals surface area contributed by atoms with Gasteiger partial charge in [0.25, 0.3) is 11.7 Å². The molecule has 2 aromatic carbocycles. The number of carbonyl (C=O) groups excluding carboxylic acids is 2. The summed E-state index contributed by atoms with van der Waals surface area (Å²) in [5, 5.41) is 23.4. The number of likely N-dealkylation sites (tertiary alicyclic amines) is 1. The minimum Gasteiger partial charge on any atom is -0.507 e. The Balaban J connectivity index is 1.85. The van der Waals surface area contributed by atoms with E-state index in [0.29, 0.717) is 30.1 Å². The van der Waals surface area contributed by atoms with Gasteiger partial charge in [-0.1, -0.05) is 31.2 Å². The summed E-state index contributed by atoms with van der Waals surface area (Å²) in [5.41, 5.74) is 0.899. The SMILES string of the molecule is CCCOc1cccc(/C(O)=C2/C(=O)C(=O)N(Cc3cccs3)C2c2ccc(O)c(OCC)c2)c1. The molecule has 4 rings (SSSR count). The highest BCUT2D eigenvalue weighted by Crippen LogP contribution is 2.43. The molecule has 1 unspecified atom stereocenters. The van der Waals surface area contributed by atoms with Crippen LogP contribution in [0.2, 0.25) is 0 Å². The Morgan fingerprint density at radius 3 is 2.60 bits per heavy atom. The predicted molar refractivity (Wildman–Crippen MR) is 134 cm³/mol. The zero-order chi connectivity index (χ0) is 24.9. The molecule has 8 heteroatoms. The highest BCUT2D eigenvalue weighted by molar-refractivity contribution is 7.09. The van der Waals surface area contributed by atoms with Gasteiger partial charge in [-0.25, -0.2) is 0 Å². The number of aliphatic hydroxyl groups is 1. The molecule has 182 valence electrons. The number of aliphatic hydroxyl groups excluding tert-OH is 1. The van der Waals surface area contributed by atoms with Crippen molar-refractivity contribution < 1.29 is 29.3 Å². The Bertz CT molecular complexity index is 1250. The van der Waals surface area contributed by atoms with Crippen molar-refractivity contribution in [1.82, 2.24) is 4.90 Å². The third-order valence-corrected chi connectivity index (χ3v) is 6.49. The number of rotatable bonds is 9. The average Bonchev–Trinajstić information content (AvgIpc) is 3.46. The van der Waals surface area contributed by atoms with Crippen molar-refractivity contribution >= 4 is 28.8 Å². The first-order valence-corrected chi connectivity index (χ1v) is 12.3. The number of thiophene rings is 1. The number of ether oxygens (including phenoxy) is 2. The first kappa shape index (κ1) is 24.3. The third kappa shape index (κ3) is 5.02. The summed E-state index contributed by atoms with van der Waals surface area (Å²) in [4.78, 5) is 28.8. The summed E-state index contributed by atoms with van der Waals surface area (Å²) >= 11 is 1.47. The second kappa shape index (κ2) is 10.7. The van der Waals surface area contributed by atoms with Gasteiger partial charge in [-0.15, -0.1) is 11.3 Å². The lowest BCUT2D eigenvalue weighted by Gasteiger charge is -2.25. The number of nitrogens with zero attached hydrogens (tertiary/aromatic N) is 1. The molecule has 1 amide bonds. The lowest BCUT2D eigenvalue weighted by atomic mass is 9.95. The number of carbonyl (C=O) groups is 2. The molecular weight excluding hydrogens is 466 g/mol. The maximum absolute atomic E-state index is 13.3. The summed E-state index contributed by atoms with van der Waals surface area (Å²) in [5.74, 6) is -1.00. The second-order valence-corrected chi connectivity index (χ2v) is 9.08. The number of Topliss-reactive ketones (excluding diaryl/α,β-unsaturated/α-hetero) is 1. The first-order chi connectivity index (χ1) is 16.9. The second-order valence-electron chi connectivity index (χ2n) is 8.04. The zero-order valence-corrected chi connectivity index (χ0v) is 20.4. The lowest BCUT2D eigenvalue weighted by Crippen LogP contribution is -2.28. The van der Waals surface area contributed by atoms with Gasteiger partial charge in [-0.2, -0.15) is 0 Å². The molecule has 0 spiro atoms. The molecule has 1 atom stereocenters. The lowest BCUT2D eigenvalue weighted by molar-refractivity contribution is -0.140. The Morgan fingerprint density at radius 1 is 1.06 bits per heavy atom. The van der Waals surface area contributed by atoms with Crippen molar-refractivity contribution in [3.63, 3.8) is 0 Å². The Morgan fingerprint density at radius 2 is 1.89 bits per heavy atom. The van der Waals surface area contributed by atoms with Gasteiger partial charge in [0.15, 0.2) is 11.5 Å². The van der Waals surface area contributed by atoms with Crippen molar-refractivity contribution in [2.45, 2.75) is 32.9 Å². The van der Waals surface area contributed by atoms with E-state index >= 15 is 0 Å². The van der Waals surface area contributed by atoms with Crippen LogP contribution in [0.5, 0.6) is 17.2 Å². The molecule has 2 heterocycles. The molecule has 1 aliphatic heterocycles. The minimum atomic E-state index is -0.864. The Labute approximate surface area is 207 Å². The topological polar surface area (TPSA) is 96.3 Å².